The number of nitrogens with zero attached hydrogens (tertiary/aromatic N) is 1. The lowest BCUT2D eigenvalue weighted by molar-refractivity contribution is 0.268. The quantitative estimate of drug-likeness (QED) is 0.762. The van der Waals surface area contributed by atoms with E-state index in [4.69, 9.17) is 23.2 Å². The Kier molecular flexibility index (Phi) is 8.04. The lowest BCUT2D eigenvalue weighted by atomic mass is 9.98. The number of halogens is 4. The van der Waals surface area contributed by atoms with E-state index in [1.54, 1.807) is 0 Å². The molecule has 1 aliphatic rings. The highest BCUT2D eigenvalue weighted by atomic mass is 35.5. The maximum absolute atomic E-state index is 13.7. The zero-order chi connectivity index (χ0) is 16.3. The molecule has 0 bridgehead atoms. The van der Waals surface area contributed by atoms with E-state index < -0.39 is 20.9 Å². The Balaban J connectivity index is 0.00000264. The van der Waals surface area contributed by atoms with E-state index in [1.165, 1.54) is 16.4 Å². The van der Waals surface area contributed by atoms with Crippen molar-refractivity contribution in [2.24, 2.45) is 5.92 Å². The summed E-state index contributed by atoms with van der Waals surface area (Å²) in [4.78, 5) is -0.221. The normalized spacial score (nSPS) is 17.0. The Morgan fingerprint density at radius 2 is 1.91 bits per heavy atom. The minimum absolute atomic E-state index is 0. The number of nitrogens with one attached hydrogen (secondary N) is 1. The first kappa shape index (κ1) is 20.9. The van der Waals surface area contributed by atoms with Crippen molar-refractivity contribution < 1.29 is 12.8 Å². The second-order valence-electron chi connectivity index (χ2n) is 5.33. The second-order valence-corrected chi connectivity index (χ2v) is 8.02. The summed E-state index contributed by atoms with van der Waals surface area (Å²) in [6, 6.07) is 2.47. The van der Waals surface area contributed by atoms with Gasteiger partial charge in [-0.3, -0.25) is 0 Å². The Hall–Kier alpha value is -0.110. The van der Waals surface area contributed by atoms with Crippen LogP contribution in [0.1, 0.15) is 19.8 Å². The topological polar surface area (TPSA) is 49.4 Å². The van der Waals surface area contributed by atoms with Gasteiger partial charge in [-0.15, -0.1) is 12.4 Å². The van der Waals surface area contributed by atoms with Gasteiger partial charge in [-0.1, -0.05) is 30.1 Å². The van der Waals surface area contributed by atoms with E-state index in [0.29, 0.717) is 19.0 Å². The standard InChI is InChI=1S/C14H19Cl2FN2O2S.ClH/c1-2-18-9-10-5-7-19(8-6-10)22(20,21)12-4-3-11(15)14(17)13(12)16;/h3-4,10,18H,2,5-9H2,1H3;1H. The highest BCUT2D eigenvalue weighted by Gasteiger charge is 2.31. The lowest BCUT2D eigenvalue weighted by Crippen LogP contribution is -2.40. The van der Waals surface area contributed by atoms with E-state index in [9.17, 15) is 12.8 Å². The van der Waals surface area contributed by atoms with E-state index in [-0.39, 0.29) is 22.3 Å². The number of benzene rings is 1. The smallest absolute Gasteiger partial charge is 0.244 e. The van der Waals surface area contributed by atoms with Gasteiger partial charge >= 0.3 is 0 Å². The maximum atomic E-state index is 13.7. The first-order valence-electron chi connectivity index (χ1n) is 7.22. The van der Waals surface area contributed by atoms with Crippen molar-refractivity contribution in [3.63, 3.8) is 0 Å². The molecule has 1 saturated heterocycles. The number of hydrogen-bond acceptors (Lipinski definition) is 3. The molecule has 0 amide bonds. The molecule has 0 saturated carbocycles. The molecule has 132 valence electrons. The zero-order valence-corrected chi connectivity index (χ0v) is 15.8. The Bertz CT molecular complexity index is 635. The predicted octanol–water partition coefficient (Wildman–Crippen LogP) is 3.56. The maximum Gasteiger partial charge on any atom is 0.244 e. The first-order chi connectivity index (χ1) is 10.4. The Morgan fingerprint density at radius 3 is 2.48 bits per heavy atom. The molecule has 0 unspecified atom stereocenters. The van der Waals surface area contributed by atoms with Gasteiger partial charge in [0.1, 0.15) is 4.90 Å². The molecule has 0 aliphatic carbocycles. The summed E-state index contributed by atoms with van der Waals surface area (Å²) in [7, 11) is -3.79. The van der Waals surface area contributed by atoms with E-state index >= 15 is 0 Å². The van der Waals surface area contributed by atoms with Crippen LogP contribution in [0.25, 0.3) is 0 Å². The fraction of sp³-hybridized carbons (Fsp3) is 0.571. The van der Waals surface area contributed by atoms with Crippen LogP contribution in [0.5, 0.6) is 0 Å². The van der Waals surface area contributed by atoms with Gasteiger partial charge in [0.05, 0.1) is 10.0 Å². The van der Waals surface area contributed by atoms with Gasteiger partial charge in [0, 0.05) is 13.1 Å². The van der Waals surface area contributed by atoms with Gasteiger partial charge in [0.15, 0.2) is 5.82 Å². The summed E-state index contributed by atoms with van der Waals surface area (Å²) in [6.07, 6.45) is 1.56. The Labute approximate surface area is 152 Å². The van der Waals surface area contributed by atoms with E-state index in [1.807, 2.05) is 6.92 Å². The molecule has 1 heterocycles. The molecule has 0 spiro atoms. The fourth-order valence-corrected chi connectivity index (χ4v) is 4.74. The van der Waals surface area contributed by atoms with Gasteiger partial charge in [-0.2, -0.15) is 4.31 Å². The molecular formula is C14H20Cl3FN2O2S. The molecule has 4 nitrogen and oxygen atoms in total. The van der Waals surface area contributed by atoms with Crippen LogP contribution in [0, 0.1) is 11.7 Å². The van der Waals surface area contributed by atoms with E-state index in [2.05, 4.69) is 5.32 Å². The molecule has 1 aromatic rings. The largest absolute Gasteiger partial charge is 0.317 e. The molecule has 0 radical (unpaired) electrons. The summed E-state index contributed by atoms with van der Waals surface area (Å²) in [5, 5.41) is 2.64. The molecule has 23 heavy (non-hydrogen) atoms. The van der Waals surface area contributed by atoms with Gasteiger partial charge in [0.25, 0.3) is 0 Å². The van der Waals surface area contributed by atoms with Crippen LogP contribution >= 0.6 is 35.6 Å². The van der Waals surface area contributed by atoms with Crippen LogP contribution in [-0.4, -0.2) is 38.9 Å². The molecule has 1 fully saturated rings. The highest BCUT2D eigenvalue weighted by molar-refractivity contribution is 7.89. The second kappa shape index (κ2) is 8.83. The summed E-state index contributed by atoms with van der Waals surface area (Å²) < 4.78 is 40.3. The van der Waals surface area contributed by atoms with Crippen LogP contribution in [0.3, 0.4) is 0 Å². The molecule has 0 atom stereocenters. The number of rotatable bonds is 5. The summed E-state index contributed by atoms with van der Waals surface area (Å²) in [6.45, 7) is 4.66. The van der Waals surface area contributed by atoms with Crippen molar-refractivity contribution in [1.82, 2.24) is 9.62 Å². The molecular weight excluding hydrogens is 386 g/mol. The molecule has 1 aliphatic heterocycles. The molecule has 1 N–H and O–H groups in total. The first-order valence-corrected chi connectivity index (χ1v) is 9.42. The van der Waals surface area contributed by atoms with Crippen molar-refractivity contribution in [3.05, 3.63) is 28.0 Å². The number of sulfonamides is 1. The molecule has 9 heteroatoms. The van der Waals surface area contributed by atoms with Crippen LogP contribution in [-0.2, 0) is 10.0 Å². The summed E-state index contributed by atoms with van der Waals surface area (Å²) in [5.74, 6) is -0.435. The summed E-state index contributed by atoms with van der Waals surface area (Å²) >= 11 is 11.4. The number of piperidine rings is 1. The third kappa shape index (κ3) is 4.71. The van der Waals surface area contributed by atoms with Crippen molar-refractivity contribution >= 4 is 45.6 Å². The van der Waals surface area contributed by atoms with Crippen molar-refractivity contribution in [3.8, 4) is 0 Å². The molecule has 0 aromatic heterocycles. The minimum Gasteiger partial charge on any atom is -0.317 e. The van der Waals surface area contributed by atoms with Crippen molar-refractivity contribution in [2.75, 3.05) is 26.2 Å². The van der Waals surface area contributed by atoms with Crippen LogP contribution in [0.2, 0.25) is 10.0 Å². The van der Waals surface area contributed by atoms with Crippen molar-refractivity contribution in [2.45, 2.75) is 24.7 Å². The average molecular weight is 406 g/mol. The van der Waals surface area contributed by atoms with E-state index in [0.717, 1.165) is 25.9 Å². The van der Waals surface area contributed by atoms with Crippen LogP contribution in [0.4, 0.5) is 4.39 Å². The Morgan fingerprint density at radius 1 is 1.30 bits per heavy atom. The van der Waals surface area contributed by atoms with Gasteiger partial charge in [-0.25, -0.2) is 12.8 Å². The molecule has 1 aromatic carbocycles. The number of hydrogen-bond donors (Lipinski definition) is 1. The minimum atomic E-state index is -3.79. The van der Waals surface area contributed by atoms with Gasteiger partial charge < -0.3 is 5.32 Å². The van der Waals surface area contributed by atoms with Crippen LogP contribution in [0.15, 0.2) is 17.0 Å². The lowest BCUT2D eigenvalue weighted by Gasteiger charge is -2.31. The fourth-order valence-electron chi connectivity index (χ4n) is 2.55. The van der Waals surface area contributed by atoms with Gasteiger partial charge in [-0.05, 0) is 44.0 Å². The monoisotopic (exact) mass is 404 g/mol. The zero-order valence-electron chi connectivity index (χ0n) is 12.7. The molecule has 2 rings (SSSR count). The van der Waals surface area contributed by atoms with Crippen molar-refractivity contribution in [1.29, 1.82) is 0 Å². The van der Waals surface area contributed by atoms with Crippen LogP contribution < -0.4 is 5.32 Å². The van der Waals surface area contributed by atoms with Gasteiger partial charge in [0.2, 0.25) is 10.0 Å². The SMILES string of the molecule is CCNCC1CCN(S(=O)(=O)c2ccc(Cl)c(F)c2Cl)CC1.Cl. The predicted molar refractivity (Wildman–Crippen MR) is 93.7 cm³/mol. The highest BCUT2D eigenvalue weighted by Crippen LogP contribution is 2.32. The summed E-state index contributed by atoms with van der Waals surface area (Å²) in [5.41, 5.74) is 0. The third-order valence-electron chi connectivity index (χ3n) is 3.87. The average Bonchev–Trinajstić information content (AvgIpc) is 2.51. The third-order valence-corrected chi connectivity index (χ3v) is 6.59.